The first-order valence-corrected chi connectivity index (χ1v) is 1.59. The fourth-order valence-corrected chi connectivity index (χ4v) is 0.139. The Hall–Kier alpha value is -0.745. The van der Waals surface area contributed by atoms with Crippen molar-refractivity contribution >= 4 is 13.2 Å². The maximum atomic E-state index is 7.95. The van der Waals surface area contributed by atoms with Crippen molar-refractivity contribution in [2.45, 2.75) is 0 Å². The molecule has 0 aliphatic carbocycles. The van der Waals surface area contributed by atoms with Crippen LogP contribution in [0.3, 0.4) is 0 Å². The SMILES string of the molecule is N=C(N)NB(O)O. The summed E-state index contributed by atoms with van der Waals surface area (Å²) in [4.78, 5) is 0. The van der Waals surface area contributed by atoms with E-state index in [4.69, 9.17) is 15.5 Å². The van der Waals surface area contributed by atoms with E-state index >= 15 is 0 Å². The number of guanidine groups is 1. The summed E-state index contributed by atoms with van der Waals surface area (Å²) >= 11 is 0. The zero-order valence-electron chi connectivity index (χ0n) is 3.55. The molecule has 0 bridgehead atoms. The van der Waals surface area contributed by atoms with Gasteiger partial charge in [-0.05, 0) is 0 Å². The van der Waals surface area contributed by atoms with Crippen LogP contribution in [0.4, 0.5) is 0 Å². The van der Waals surface area contributed by atoms with E-state index in [1.807, 2.05) is 0 Å². The molecule has 0 aromatic heterocycles. The van der Waals surface area contributed by atoms with Crippen molar-refractivity contribution in [1.29, 1.82) is 5.41 Å². The fourth-order valence-electron chi connectivity index (χ4n) is 0.139. The van der Waals surface area contributed by atoms with Crippen LogP contribution >= 0.6 is 0 Å². The lowest BCUT2D eigenvalue weighted by Gasteiger charge is -1.96. The molecule has 6 heteroatoms. The summed E-state index contributed by atoms with van der Waals surface area (Å²) in [5, 5.41) is 24.0. The van der Waals surface area contributed by atoms with E-state index in [2.05, 4.69) is 5.73 Å². The molecule has 0 rings (SSSR count). The summed E-state index contributed by atoms with van der Waals surface area (Å²) in [6.07, 6.45) is 0. The fraction of sp³-hybridized carbons (Fsp3) is 0. The smallest absolute Gasteiger partial charge is 0.408 e. The Labute approximate surface area is 40.8 Å². The molecule has 6 N–H and O–H groups in total. The molecule has 0 spiro atoms. The number of rotatable bonds is 1. The normalized spacial score (nSPS) is 7.71. The zero-order chi connectivity index (χ0) is 5.86. The van der Waals surface area contributed by atoms with Crippen LogP contribution in [0.1, 0.15) is 0 Å². The Balaban J connectivity index is 3.13. The molecule has 0 aromatic rings. The highest BCUT2D eigenvalue weighted by Crippen LogP contribution is 1.52. The molecule has 0 fully saturated rings. The number of nitrogens with two attached hydrogens (primary N) is 1. The molecule has 0 amide bonds. The zero-order valence-corrected chi connectivity index (χ0v) is 3.55. The molecule has 40 valence electrons. The third kappa shape index (κ3) is 5.25. The summed E-state index contributed by atoms with van der Waals surface area (Å²) in [5.41, 5.74) is 4.65. The summed E-state index contributed by atoms with van der Waals surface area (Å²) in [6.45, 7) is 0. The lowest BCUT2D eigenvalue weighted by atomic mass is 10.2. The molecular weight excluding hydrogens is 96.8 g/mol. The second-order valence-corrected chi connectivity index (χ2v) is 0.932. The van der Waals surface area contributed by atoms with Gasteiger partial charge in [0.2, 0.25) is 0 Å². The number of hydrogen-bond donors (Lipinski definition) is 5. The Morgan fingerprint density at radius 3 is 2.14 bits per heavy atom. The van der Waals surface area contributed by atoms with Crippen LogP contribution in [-0.2, 0) is 0 Å². The van der Waals surface area contributed by atoms with Crippen molar-refractivity contribution in [3.05, 3.63) is 0 Å². The second-order valence-electron chi connectivity index (χ2n) is 0.932. The lowest BCUT2D eigenvalue weighted by Crippen LogP contribution is -2.42. The highest BCUT2D eigenvalue weighted by Gasteiger charge is 2.04. The van der Waals surface area contributed by atoms with E-state index in [1.165, 1.54) is 0 Å². The second kappa shape index (κ2) is 2.43. The summed E-state index contributed by atoms with van der Waals surface area (Å²) in [6, 6.07) is 0. The minimum Gasteiger partial charge on any atom is -0.408 e. The highest BCUT2D eigenvalue weighted by molar-refractivity contribution is 6.42. The molecule has 0 saturated carbocycles. The standard InChI is InChI=1S/CH6BN3O2/c3-1(4)5-2(6)7/h6-7H,(H4,3,4,5). The first-order valence-electron chi connectivity index (χ1n) is 1.59. The van der Waals surface area contributed by atoms with E-state index in [1.54, 1.807) is 5.23 Å². The van der Waals surface area contributed by atoms with Gasteiger partial charge >= 0.3 is 7.25 Å². The van der Waals surface area contributed by atoms with Crippen LogP contribution < -0.4 is 11.0 Å². The van der Waals surface area contributed by atoms with Crippen LogP contribution in [0.2, 0.25) is 0 Å². The number of hydrogen-bond acceptors (Lipinski definition) is 3. The van der Waals surface area contributed by atoms with Gasteiger partial charge in [-0.1, -0.05) is 0 Å². The van der Waals surface area contributed by atoms with E-state index in [9.17, 15) is 0 Å². The topological polar surface area (TPSA) is 102 Å². The summed E-state index contributed by atoms with van der Waals surface area (Å²) in [7, 11) is -1.72. The molecule has 0 saturated heterocycles. The molecular formula is CH6BN3O2. The quantitative estimate of drug-likeness (QED) is 0.143. The van der Waals surface area contributed by atoms with Crippen LogP contribution in [-0.4, -0.2) is 23.3 Å². The van der Waals surface area contributed by atoms with Crippen molar-refractivity contribution in [3.8, 4) is 0 Å². The maximum Gasteiger partial charge on any atom is 0.587 e. The minimum absolute atomic E-state index is 0.463. The van der Waals surface area contributed by atoms with Crippen LogP contribution in [0.25, 0.3) is 0 Å². The number of nitrogens with one attached hydrogen (secondary N) is 2. The average molecular weight is 103 g/mol. The van der Waals surface area contributed by atoms with Crippen molar-refractivity contribution < 1.29 is 10.0 Å². The van der Waals surface area contributed by atoms with Gasteiger partial charge in [-0.3, -0.25) is 5.41 Å². The van der Waals surface area contributed by atoms with Gasteiger partial charge in [0, 0.05) is 0 Å². The molecule has 0 aliphatic heterocycles. The molecule has 7 heavy (non-hydrogen) atoms. The van der Waals surface area contributed by atoms with Crippen molar-refractivity contribution in [1.82, 2.24) is 5.23 Å². The van der Waals surface area contributed by atoms with Gasteiger partial charge in [-0.25, -0.2) is 0 Å². The molecule has 0 radical (unpaired) electrons. The van der Waals surface area contributed by atoms with E-state index in [-0.39, 0.29) is 0 Å². The molecule has 5 nitrogen and oxygen atoms in total. The van der Waals surface area contributed by atoms with Crippen LogP contribution in [0.5, 0.6) is 0 Å². The van der Waals surface area contributed by atoms with Crippen molar-refractivity contribution in [2.24, 2.45) is 5.73 Å². The molecule has 0 heterocycles. The van der Waals surface area contributed by atoms with Gasteiger partial charge < -0.3 is 21.0 Å². The monoisotopic (exact) mass is 103 g/mol. The van der Waals surface area contributed by atoms with Gasteiger partial charge in [0.1, 0.15) is 0 Å². The maximum absolute atomic E-state index is 7.95. The Morgan fingerprint density at radius 2 is 2.14 bits per heavy atom. The average Bonchev–Trinajstić information content (AvgIpc) is 1.27. The predicted octanol–water partition coefficient (Wildman–Crippen LogP) is -2.56. The molecule has 0 aliphatic rings. The van der Waals surface area contributed by atoms with E-state index in [0.717, 1.165) is 0 Å². The molecule has 0 unspecified atom stereocenters. The minimum atomic E-state index is -1.72. The van der Waals surface area contributed by atoms with Crippen LogP contribution in [0.15, 0.2) is 0 Å². The third-order valence-electron chi connectivity index (χ3n) is 0.285. The largest absolute Gasteiger partial charge is 0.587 e. The first kappa shape index (κ1) is 6.25. The van der Waals surface area contributed by atoms with E-state index in [0.29, 0.717) is 0 Å². The summed E-state index contributed by atoms with van der Waals surface area (Å²) in [5.74, 6) is -0.463. The van der Waals surface area contributed by atoms with Crippen LogP contribution in [0, 0.1) is 5.41 Å². The Bertz CT molecular complexity index is 73.3. The predicted molar refractivity (Wildman–Crippen MR) is 25.2 cm³/mol. The lowest BCUT2D eigenvalue weighted by molar-refractivity contribution is 0.399. The van der Waals surface area contributed by atoms with Crippen molar-refractivity contribution in [2.75, 3.05) is 0 Å². The summed E-state index contributed by atoms with van der Waals surface area (Å²) < 4.78 is 0. The third-order valence-corrected chi connectivity index (χ3v) is 0.285. The van der Waals surface area contributed by atoms with Crippen molar-refractivity contribution in [3.63, 3.8) is 0 Å². The van der Waals surface area contributed by atoms with Gasteiger partial charge in [0.25, 0.3) is 0 Å². The molecule has 0 atom stereocenters. The van der Waals surface area contributed by atoms with Gasteiger partial charge in [0.15, 0.2) is 5.96 Å². The highest BCUT2D eigenvalue weighted by atomic mass is 16.4. The van der Waals surface area contributed by atoms with E-state index < -0.39 is 13.2 Å². The van der Waals surface area contributed by atoms with Gasteiger partial charge in [0.05, 0.1) is 0 Å². The molecule has 0 aromatic carbocycles. The Morgan fingerprint density at radius 1 is 1.71 bits per heavy atom. The van der Waals surface area contributed by atoms with Gasteiger partial charge in [-0.2, -0.15) is 0 Å². The Kier molecular flexibility index (Phi) is 2.17. The first-order chi connectivity index (χ1) is 3.13. The van der Waals surface area contributed by atoms with Gasteiger partial charge in [-0.15, -0.1) is 0 Å².